The number of anilines is 2. The zero-order valence-electron chi connectivity index (χ0n) is 16.5. The quantitative estimate of drug-likeness (QED) is 0.446. The number of rotatable bonds is 4. The highest BCUT2D eigenvalue weighted by Crippen LogP contribution is 2.30. The molecule has 0 spiro atoms. The van der Waals surface area contributed by atoms with Gasteiger partial charge in [-0.15, -0.1) is 5.10 Å². The molecule has 0 radical (unpaired) electrons. The van der Waals surface area contributed by atoms with Crippen LogP contribution in [-0.2, 0) is 0 Å². The van der Waals surface area contributed by atoms with Crippen molar-refractivity contribution in [1.29, 1.82) is 5.26 Å². The lowest BCUT2D eigenvalue weighted by atomic mass is 10.1. The van der Waals surface area contributed by atoms with E-state index in [1.165, 1.54) is 6.20 Å². The van der Waals surface area contributed by atoms with Crippen molar-refractivity contribution in [3.63, 3.8) is 0 Å². The first-order valence-corrected chi connectivity index (χ1v) is 10.2. The lowest BCUT2D eigenvalue weighted by Gasteiger charge is -2.09. The summed E-state index contributed by atoms with van der Waals surface area (Å²) in [4.78, 5) is 29.4. The van der Waals surface area contributed by atoms with Crippen LogP contribution >= 0.6 is 15.9 Å². The minimum absolute atomic E-state index is 0.0323. The van der Waals surface area contributed by atoms with Crippen molar-refractivity contribution in [2.45, 2.75) is 0 Å². The SMILES string of the molecule is N#Cc1c(N)nn(C(=O)c2ccc(NC(=O)c3ccccn3)cc2)c1-c1cccc(Br)c1. The van der Waals surface area contributed by atoms with E-state index < -0.39 is 5.91 Å². The van der Waals surface area contributed by atoms with Gasteiger partial charge < -0.3 is 11.1 Å². The lowest BCUT2D eigenvalue weighted by molar-refractivity contribution is 0.0947. The second-order valence-electron chi connectivity index (χ2n) is 6.69. The number of hydrogen-bond acceptors (Lipinski definition) is 6. The lowest BCUT2D eigenvalue weighted by Crippen LogP contribution is -2.16. The van der Waals surface area contributed by atoms with E-state index >= 15 is 0 Å². The van der Waals surface area contributed by atoms with Crippen molar-refractivity contribution in [3.8, 4) is 17.3 Å². The minimum atomic E-state index is -0.462. The molecule has 2 heterocycles. The van der Waals surface area contributed by atoms with Crippen LogP contribution in [0.1, 0.15) is 26.4 Å². The molecule has 0 aliphatic carbocycles. The molecule has 4 aromatic rings. The average Bonchev–Trinajstić information content (AvgIpc) is 3.15. The Morgan fingerprint density at radius 1 is 1.06 bits per heavy atom. The molecule has 3 N–H and O–H groups in total. The van der Waals surface area contributed by atoms with E-state index in [4.69, 9.17) is 5.73 Å². The molecule has 8 nitrogen and oxygen atoms in total. The topological polar surface area (TPSA) is 127 Å². The van der Waals surface area contributed by atoms with Crippen LogP contribution in [0.25, 0.3) is 11.3 Å². The van der Waals surface area contributed by atoms with Gasteiger partial charge in [-0.25, -0.2) is 0 Å². The number of halogens is 1. The van der Waals surface area contributed by atoms with Crippen LogP contribution in [0.5, 0.6) is 0 Å². The van der Waals surface area contributed by atoms with E-state index in [1.807, 2.05) is 12.1 Å². The molecule has 9 heteroatoms. The van der Waals surface area contributed by atoms with Gasteiger partial charge in [0.05, 0.1) is 5.69 Å². The number of pyridine rings is 1. The number of carbonyl (C=O) groups excluding carboxylic acids is 2. The molecule has 156 valence electrons. The number of nitriles is 1. The molecular formula is C23H15BrN6O2. The molecule has 0 bridgehead atoms. The smallest absolute Gasteiger partial charge is 0.278 e. The summed E-state index contributed by atoms with van der Waals surface area (Å²) in [6.45, 7) is 0. The van der Waals surface area contributed by atoms with Gasteiger partial charge in [0.1, 0.15) is 17.3 Å². The van der Waals surface area contributed by atoms with Crippen LogP contribution in [0.15, 0.2) is 77.4 Å². The van der Waals surface area contributed by atoms with Gasteiger partial charge in [0, 0.05) is 27.5 Å². The number of amides is 1. The number of carbonyl (C=O) groups is 2. The third kappa shape index (κ3) is 4.12. The predicted octanol–water partition coefficient (Wildman–Crippen LogP) is 4.10. The summed E-state index contributed by atoms with van der Waals surface area (Å²) in [6, 6.07) is 20.6. The molecule has 0 aliphatic rings. The molecule has 0 saturated heterocycles. The molecule has 2 aromatic carbocycles. The Morgan fingerprint density at radius 2 is 1.84 bits per heavy atom. The summed E-state index contributed by atoms with van der Waals surface area (Å²) in [5, 5.41) is 16.4. The van der Waals surface area contributed by atoms with Gasteiger partial charge in [-0.3, -0.25) is 14.6 Å². The molecule has 2 aromatic heterocycles. The highest BCUT2D eigenvalue weighted by Gasteiger charge is 2.23. The van der Waals surface area contributed by atoms with Crippen molar-refractivity contribution in [3.05, 3.63) is 94.2 Å². The van der Waals surface area contributed by atoms with Crippen LogP contribution < -0.4 is 11.1 Å². The van der Waals surface area contributed by atoms with E-state index in [9.17, 15) is 14.9 Å². The molecule has 0 unspecified atom stereocenters. The van der Waals surface area contributed by atoms with Crippen molar-refractivity contribution in [1.82, 2.24) is 14.8 Å². The maximum atomic E-state index is 13.2. The van der Waals surface area contributed by atoms with Crippen molar-refractivity contribution in [2.24, 2.45) is 0 Å². The van der Waals surface area contributed by atoms with Gasteiger partial charge in [0.2, 0.25) is 0 Å². The first-order chi connectivity index (χ1) is 15.5. The summed E-state index contributed by atoms with van der Waals surface area (Å²) >= 11 is 3.40. The Hall–Kier alpha value is -4.29. The normalized spacial score (nSPS) is 10.4. The summed E-state index contributed by atoms with van der Waals surface area (Å²) < 4.78 is 1.91. The first-order valence-electron chi connectivity index (χ1n) is 9.39. The maximum Gasteiger partial charge on any atom is 0.278 e. The van der Waals surface area contributed by atoms with E-state index in [-0.39, 0.29) is 23.0 Å². The molecule has 0 fully saturated rings. The number of nitrogen functional groups attached to an aromatic ring is 1. The second kappa shape index (κ2) is 8.83. The zero-order valence-corrected chi connectivity index (χ0v) is 18.1. The Morgan fingerprint density at radius 3 is 2.50 bits per heavy atom. The van der Waals surface area contributed by atoms with E-state index in [1.54, 1.807) is 60.7 Å². The largest absolute Gasteiger partial charge is 0.381 e. The third-order valence-electron chi connectivity index (χ3n) is 4.60. The average molecular weight is 487 g/mol. The molecule has 0 saturated carbocycles. The Bertz CT molecular complexity index is 1360. The van der Waals surface area contributed by atoms with Gasteiger partial charge in [-0.1, -0.05) is 34.1 Å². The van der Waals surface area contributed by atoms with Gasteiger partial charge in [-0.2, -0.15) is 9.94 Å². The third-order valence-corrected chi connectivity index (χ3v) is 5.10. The van der Waals surface area contributed by atoms with E-state index in [2.05, 4.69) is 31.3 Å². The maximum absolute atomic E-state index is 13.2. The van der Waals surface area contributed by atoms with Crippen LogP contribution in [0.3, 0.4) is 0 Å². The van der Waals surface area contributed by atoms with Crippen LogP contribution in [-0.4, -0.2) is 26.6 Å². The van der Waals surface area contributed by atoms with Crippen molar-refractivity contribution < 1.29 is 9.59 Å². The molecule has 0 aliphatic heterocycles. The van der Waals surface area contributed by atoms with Crippen LogP contribution in [0, 0.1) is 11.3 Å². The number of nitrogens with one attached hydrogen (secondary N) is 1. The fraction of sp³-hybridized carbons (Fsp3) is 0. The van der Waals surface area contributed by atoms with Gasteiger partial charge in [-0.05, 0) is 48.5 Å². The zero-order chi connectivity index (χ0) is 22.7. The number of benzene rings is 2. The van der Waals surface area contributed by atoms with E-state index in [0.717, 1.165) is 9.15 Å². The number of aromatic nitrogens is 3. The number of hydrogen-bond donors (Lipinski definition) is 2. The number of nitrogens with zero attached hydrogens (tertiary/aromatic N) is 4. The molecular weight excluding hydrogens is 472 g/mol. The summed E-state index contributed by atoms with van der Waals surface area (Å²) in [6.07, 6.45) is 1.53. The van der Waals surface area contributed by atoms with Gasteiger partial charge in [0.15, 0.2) is 5.82 Å². The summed E-state index contributed by atoms with van der Waals surface area (Å²) in [7, 11) is 0. The number of nitrogens with two attached hydrogens (primary N) is 1. The van der Waals surface area contributed by atoms with Crippen molar-refractivity contribution in [2.75, 3.05) is 11.1 Å². The fourth-order valence-corrected chi connectivity index (χ4v) is 3.50. The Kier molecular flexibility index (Phi) is 5.79. The predicted molar refractivity (Wildman–Crippen MR) is 123 cm³/mol. The van der Waals surface area contributed by atoms with Crippen molar-refractivity contribution >= 4 is 39.2 Å². The summed E-state index contributed by atoms with van der Waals surface area (Å²) in [5.74, 6) is -0.856. The molecule has 32 heavy (non-hydrogen) atoms. The first kappa shape index (κ1) is 21.0. The molecule has 1 amide bonds. The highest BCUT2D eigenvalue weighted by atomic mass is 79.9. The second-order valence-corrected chi connectivity index (χ2v) is 7.61. The standard InChI is InChI=1S/C23H15BrN6O2/c24-16-5-3-4-15(12-16)20-18(13-25)21(26)29-30(20)23(32)14-7-9-17(10-8-14)28-22(31)19-6-1-2-11-27-19/h1-12H,(H2,26,29)(H,28,31). The van der Waals surface area contributed by atoms with E-state index in [0.29, 0.717) is 22.5 Å². The Labute approximate surface area is 191 Å². The fourth-order valence-electron chi connectivity index (χ4n) is 3.11. The van der Waals surface area contributed by atoms with Gasteiger partial charge >= 0.3 is 0 Å². The monoisotopic (exact) mass is 486 g/mol. The van der Waals surface area contributed by atoms with Crippen LogP contribution in [0.4, 0.5) is 11.5 Å². The molecule has 0 atom stereocenters. The highest BCUT2D eigenvalue weighted by molar-refractivity contribution is 9.10. The Balaban J connectivity index is 1.64. The summed E-state index contributed by atoms with van der Waals surface area (Å²) in [5.41, 5.74) is 8.05. The van der Waals surface area contributed by atoms with Gasteiger partial charge in [0.25, 0.3) is 11.8 Å². The molecule has 4 rings (SSSR count). The van der Waals surface area contributed by atoms with Crippen LogP contribution in [0.2, 0.25) is 0 Å². The minimum Gasteiger partial charge on any atom is -0.381 e.